The van der Waals surface area contributed by atoms with Crippen molar-refractivity contribution in [2.45, 2.75) is 47.0 Å². The van der Waals surface area contributed by atoms with E-state index < -0.39 is 5.97 Å². The molecule has 0 aliphatic heterocycles. The maximum Gasteiger partial charge on any atom is 0.320 e. The predicted octanol–water partition coefficient (Wildman–Crippen LogP) is 6.18. The van der Waals surface area contributed by atoms with E-state index in [1.54, 1.807) is 0 Å². The second-order valence-electron chi connectivity index (χ2n) is 9.37. The fourth-order valence-corrected chi connectivity index (χ4v) is 3.85. The first kappa shape index (κ1) is 24.3. The van der Waals surface area contributed by atoms with Crippen LogP contribution in [0.15, 0.2) is 52.9 Å². The number of nitrogens with one attached hydrogen (secondary N) is 1. The molecule has 2 aromatic carbocycles. The molecule has 2 N–H and O–H groups in total. The Morgan fingerprint density at radius 2 is 1.67 bits per heavy atom. The number of hydrogen-bond acceptors (Lipinski definition) is 6. The van der Waals surface area contributed by atoms with Crippen molar-refractivity contribution in [3.05, 3.63) is 54.1 Å². The summed E-state index contributed by atoms with van der Waals surface area (Å²) >= 11 is 0. The number of carbonyl (C=O) groups is 1. The van der Waals surface area contributed by atoms with Crippen molar-refractivity contribution in [3.8, 4) is 11.5 Å². The number of benzene rings is 2. The van der Waals surface area contributed by atoms with Gasteiger partial charge < -0.3 is 19.7 Å². The number of carboxylic acid groups (broad SMARTS) is 1. The molecule has 0 spiro atoms. The number of hydrogen-bond donors (Lipinski definition) is 2. The lowest BCUT2D eigenvalue weighted by molar-refractivity contribution is -0.137. The molecule has 0 radical (unpaired) electrons. The van der Waals surface area contributed by atoms with Gasteiger partial charge >= 0.3 is 12.0 Å². The van der Waals surface area contributed by atoms with Gasteiger partial charge in [0.15, 0.2) is 0 Å². The molecule has 1 heterocycles. The minimum Gasteiger partial charge on any atom is -0.481 e. The van der Waals surface area contributed by atoms with Gasteiger partial charge in [-0.05, 0) is 47.6 Å². The molecular formula is C26H34N4O3. The Kier molecular flexibility index (Phi) is 8.09. The molecule has 1 atom stereocenters. The van der Waals surface area contributed by atoms with Crippen LogP contribution in [-0.2, 0) is 4.79 Å². The number of aromatic nitrogens is 2. The molecule has 3 aromatic rings. The van der Waals surface area contributed by atoms with Gasteiger partial charge in [-0.25, -0.2) is 0 Å². The van der Waals surface area contributed by atoms with Crippen molar-refractivity contribution in [1.82, 2.24) is 10.2 Å². The van der Waals surface area contributed by atoms with Crippen molar-refractivity contribution in [3.63, 3.8) is 0 Å². The van der Waals surface area contributed by atoms with E-state index in [9.17, 15) is 9.90 Å². The van der Waals surface area contributed by atoms with Crippen LogP contribution in [0.4, 0.5) is 17.4 Å². The van der Waals surface area contributed by atoms with Crippen LogP contribution >= 0.6 is 0 Å². The smallest absolute Gasteiger partial charge is 0.320 e. The molecule has 0 fully saturated rings. The lowest BCUT2D eigenvalue weighted by Crippen LogP contribution is -2.31. The zero-order valence-electron chi connectivity index (χ0n) is 20.1. The molecule has 1 unspecified atom stereocenters. The highest BCUT2D eigenvalue weighted by molar-refractivity contribution is 5.75. The van der Waals surface area contributed by atoms with Crippen LogP contribution in [0.5, 0.6) is 0 Å². The van der Waals surface area contributed by atoms with E-state index in [2.05, 4.69) is 54.2 Å². The van der Waals surface area contributed by atoms with Crippen LogP contribution < -0.4 is 10.2 Å². The summed E-state index contributed by atoms with van der Waals surface area (Å²) in [5, 5.41) is 20.9. The maximum absolute atomic E-state index is 11.3. The standard InChI is InChI=1S/C26H34N4O3/c1-17(2)15-30(16-18(3)4)23-12-11-21(19(5)13-24(31)32)14-22(23)27-26-29-28-25(33-26)20-9-7-6-8-10-20/h6-12,14,17-19H,13,15-16H2,1-5H3,(H,27,29)(H,31,32). The first-order valence-electron chi connectivity index (χ1n) is 11.5. The number of carboxylic acids is 1. The minimum absolute atomic E-state index is 0.0687. The van der Waals surface area contributed by atoms with Gasteiger partial charge in [0, 0.05) is 18.7 Å². The Balaban J connectivity index is 1.98. The SMILES string of the molecule is CC(C)CN(CC(C)C)c1ccc(C(C)CC(=O)O)cc1Nc1nnc(-c2ccccc2)o1. The average Bonchev–Trinajstić information content (AvgIpc) is 3.21. The molecule has 1 aromatic heterocycles. The van der Waals surface area contributed by atoms with E-state index >= 15 is 0 Å². The van der Waals surface area contributed by atoms with E-state index in [1.807, 2.05) is 49.4 Å². The third kappa shape index (κ3) is 6.81. The van der Waals surface area contributed by atoms with Crippen LogP contribution in [0.2, 0.25) is 0 Å². The lowest BCUT2D eigenvalue weighted by atomic mass is 9.96. The van der Waals surface area contributed by atoms with Crippen molar-refractivity contribution in [2.75, 3.05) is 23.3 Å². The Labute approximate surface area is 195 Å². The topological polar surface area (TPSA) is 91.5 Å². The van der Waals surface area contributed by atoms with E-state index in [1.165, 1.54) is 0 Å². The number of anilines is 3. The Morgan fingerprint density at radius 1 is 1.00 bits per heavy atom. The van der Waals surface area contributed by atoms with E-state index in [0.29, 0.717) is 23.7 Å². The molecule has 7 heteroatoms. The zero-order valence-corrected chi connectivity index (χ0v) is 20.1. The van der Waals surface area contributed by atoms with Crippen LogP contribution in [0, 0.1) is 11.8 Å². The summed E-state index contributed by atoms with van der Waals surface area (Å²) in [5.74, 6) is 0.469. The van der Waals surface area contributed by atoms with Crippen molar-refractivity contribution < 1.29 is 14.3 Å². The number of nitrogens with zero attached hydrogens (tertiary/aromatic N) is 3. The fraction of sp³-hybridized carbons (Fsp3) is 0.423. The first-order valence-corrected chi connectivity index (χ1v) is 11.5. The molecule has 3 rings (SSSR count). The van der Waals surface area contributed by atoms with Crippen LogP contribution in [0.3, 0.4) is 0 Å². The van der Waals surface area contributed by atoms with Crippen molar-refractivity contribution >= 4 is 23.4 Å². The largest absolute Gasteiger partial charge is 0.481 e. The molecule has 0 aliphatic carbocycles. The molecule has 0 saturated heterocycles. The summed E-state index contributed by atoms with van der Waals surface area (Å²) in [6, 6.07) is 16.0. The molecule has 0 saturated carbocycles. The van der Waals surface area contributed by atoms with Gasteiger partial charge in [0.25, 0.3) is 0 Å². The van der Waals surface area contributed by atoms with Crippen LogP contribution in [-0.4, -0.2) is 34.4 Å². The van der Waals surface area contributed by atoms with E-state index in [-0.39, 0.29) is 12.3 Å². The summed E-state index contributed by atoms with van der Waals surface area (Å²) in [7, 11) is 0. The first-order chi connectivity index (χ1) is 15.7. The Bertz CT molecular complexity index is 1040. The lowest BCUT2D eigenvalue weighted by Gasteiger charge is -2.31. The van der Waals surface area contributed by atoms with Crippen LogP contribution in [0.25, 0.3) is 11.5 Å². The molecule has 7 nitrogen and oxygen atoms in total. The molecule has 0 bridgehead atoms. The third-order valence-electron chi connectivity index (χ3n) is 5.27. The van der Waals surface area contributed by atoms with Crippen molar-refractivity contribution in [1.29, 1.82) is 0 Å². The molecule has 176 valence electrons. The van der Waals surface area contributed by atoms with E-state index in [4.69, 9.17) is 4.42 Å². The number of aliphatic carboxylic acids is 1. The highest BCUT2D eigenvalue weighted by Gasteiger charge is 2.19. The Hall–Kier alpha value is -3.35. The molecular weight excluding hydrogens is 416 g/mol. The van der Waals surface area contributed by atoms with E-state index in [0.717, 1.165) is 35.6 Å². The fourth-order valence-electron chi connectivity index (χ4n) is 3.85. The van der Waals surface area contributed by atoms with Gasteiger partial charge in [-0.2, -0.15) is 0 Å². The third-order valence-corrected chi connectivity index (χ3v) is 5.27. The normalized spacial score (nSPS) is 12.2. The molecule has 0 aliphatic rings. The second-order valence-corrected chi connectivity index (χ2v) is 9.37. The van der Waals surface area contributed by atoms with Gasteiger partial charge in [0.1, 0.15) is 0 Å². The summed E-state index contributed by atoms with van der Waals surface area (Å²) in [6.45, 7) is 12.5. The summed E-state index contributed by atoms with van der Waals surface area (Å²) < 4.78 is 5.89. The van der Waals surface area contributed by atoms with Gasteiger partial charge in [-0.3, -0.25) is 4.79 Å². The highest BCUT2D eigenvalue weighted by atomic mass is 16.4. The monoisotopic (exact) mass is 450 g/mol. The average molecular weight is 451 g/mol. The second kappa shape index (κ2) is 11.0. The highest BCUT2D eigenvalue weighted by Crippen LogP contribution is 2.34. The Morgan fingerprint density at radius 3 is 2.27 bits per heavy atom. The van der Waals surface area contributed by atoms with Crippen LogP contribution in [0.1, 0.15) is 52.5 Å². The quantitative estimate of drug-likeness (QED) is 0.360. The van der Waals surface area contributed by atoms with Crippen molar-refractivity contribution in [2.24, 2.45) is 11.8 Å². The summed E-state index contributed by atoms with van der Waals surface area (Å²) in [6.07, 6.45) is 0.0687. The van der Waals surface area contributed by atoms with Gasteiger partial charge in [-0.15, -0.1) is 5.10 Å². The minimum atomic E-state index is -0.813. The molecule has 33 heavy (non-hydrogen) atoms. The molecule has 0 amide bonds. The zero-order chi connectivity index (χ0) is 24.0. The summed E-state index contributed by atoms with van der Waals surface area (Å²) in [5.41, 5.74) is 3.65. The van der Waals surface area contributed by atoms with Gasteiger partial charge in [0.05, 0.1) is 17.8 Å². The van der Waals surface area contributed by atoms with Gasteiger partial charge in [-0.1, -0.05) is 64.0 Å². The summed E-state index contributed by atoms with van der Waals surface area (Å²) in [4.78, 5) is 13.6. The number of rotatable bonds is 11. The predicted molar refractivity (Wildman–Crippen MR) is 132 cm³/mol. The maximum atomic E-state index is 11.3. The van der Waals surface area contributed by atoms with Gasteiger partial charge in [0.2, 0.25) is 5.89 Å².